The minimum absolute atomic E-state index is 0.00699. The molecule has 2 aromatic carbocycles. The van der Waals surface area contributed by atoms with E-state index in [4.69, 9.17) is 11.5 Å². The van der Waals surface area contributed by atoms with Crippen LogP contribution in [0.15, 0.2) is 73.3 Å². The van der Waals surface area contributed by atoms with Crippen LogP contribution in [0.3, 0.4) is 0 Å². The Morgan fingerprint density at radius 3 is 1.54 bits per heavy atom. The van der Waals surface area contributed by atoms with E-state index in [2.05, 4.69) is 68.1 Å². The van der Waals surface area contributed by atoms with E-state index in [0.717, 1.165) is 0 Å². The number of nitrogens with two attached hydrogens (primary N) is 2. The highest BCUT2D eigenvalue weighted by atomic mass is 16.4. The van der Waals surface area contributed by atoms with E-state index in [-0.39, 0.29) is 147 Å². The molecule has 39 heteroatoms. The smallest absolute Gasteiger partial charge is 0.317 e. The number of primary amides is 2. The second-order valence-corrected chi connectivity index (χ2v) is 31.2. The van der Waals surface area contributed by atoms with Gasteiger partial charge in [-0.2, -0.15) is 0 Å². The van der Waals surface area contributed by atoms with Crippen LogP contribution in [0.1, 0.15) is 110 Å². The van der Waals surface area contributed by atoms with E-state index >= 15 is 0 Å². The first-order chi connectivity index (χ1) is 55.5. The summed E-state index contributed by atoms with van der Waals surface area (Å²) in [7, 11) is 0. The number of hydrogen-bond donors (Lipinski definition) is 18. The third-order valence-corrected chi connectivity index (χ3v) is 20.0. The largest absolute Gasteiger partial charge is 0.480 e. The van der Waals surface area contributed by atoms with Crippen molar-refractivity contribution in [3.8, 4) is 0 Å². The monoisotopic (exact) mass is 1640 g/mol. The number of fused-ring (bicyclic) bond motifs is 1. The van der Waals surface area contributed by atoms with Gasteiger partial charge in [0.25, 0.3) is 0 Å². The van der Waals surface area contributed by atoms with Crippen molar-refractivity contribution in [3.63, 3.8) is 0 Å². The number of aliphatic hydroxyl groups is 1. The first-order valence-corrected chi connectivity index (χ1v) is 39.5. The number of carbonyl (C=O) groups is 15. The molecule has 117 heavy (non-hydrogen) atoms. The standard InChI is InChI=1S/C78H118N20O19/c1-46(2)31-57(62(99)36-64(101)87-58(72(80)111)32-47(3)4)91-77(116)61(35-53-38-81-45-84-53)88-65(102)39-83-78(117)71(48(5)6)93-73(112)49(7)85-75(114)60(34-51-37-82-55-16-12-11-15-54(51)55)92-74(113)56(17-18-63(79)100)90-76(115)59(33-50-13-9-8-10-14-50)89-67(104)41-94-21-19-52(20-22-94)86-66(103)40-95-23-25-96(42-68(105)106)27-29-98(44-70(109)110)30-28-97(26-24-95)43-69(107)108/h8-16,37-38,45-49,52,56-62,71,82,99H,17-36,39-44H2,1-7H3,(H2,79,100)(H2,80,111)(H,81,84)(H,83,117)(H,85,114)(H,86,103)(H,87,101)(H,88,102)(H,89,104)(H,90,115)(H,91,116)(H,92,113)(H,93,112)(H,105,106)(H,107,108)(H,109,110)/t49-,56-,57-,58-,59+,60-,61-,62-,71-/m0/s1. The molecule has 0 unspecified atom stereocenters. The molecule has 0 saturated carbocycles. The molecular formula is C78H118N20O19. The van der Waals surface area contributed by atoms with Gasteiger partial charge in [0.1, 0.15) is 42.3 Å². The molecule has 644 valence electrons. The lowest BCUT2D eigenvalue weighted by molar-refractivity contribution is -0.140. The number of rotatable bonds is 45. The summed E-state index contributed by atoms with van der Waals surface area (Å²) in [6.07, 6.45) is 2.60. The van der Waals surface area contributed by atoms with Crippen molar-refractivity contribution < 1.29 is 92.3 Å². The van der Waals surface area contributed by atoms with Gasteiger partial charge in [0, 0.05) is 126 Å². The maximum Gasteiger partial charge on any atom is 0.317 e. The summed E-state index contributed by atoms with van der Waals surface area (Å²) in [5.74, 6) is -13.1. The Balaban J connectivity index is 1.09. The first-order valence-electron chi connectivity index (χ1n) is 39.5. The third kappa shape index (κ3) is 34.4. The average Bonchev–Trinajstić information content (AvgIpc) is 1.59. The zero-order chi connectivity index (χ0) is 86.0. The molecule has 0 bridgehead atoms. The Hall–Kier alpha value is -11.0. The highest BCUT2D eigenvalue weighted by Gasteiger charge is 2.36. The fourth-order valence-electron chi connectivity index (χ4n) is 13.8. The van der Waals surface area contributed by atoms with Gasteiger partial charge >= 0.3 is 17.9 Å². The molecule has 2 saturated heterocycles. The van der Waals surface area contributed by atoms with Crippen LogP contribution in [-0.2, 0) is 91.2 Å². The van der Waals surface area contributed by atoms with Crippen molar-refractivity contribution in [2.75, 3.05) is 105 Å². The number of likely N-dealkylation sites (tertiary alicyclic amines) is 1. The molecular weight excluding hydrogens is 1520 g/mol. The Morgan fingerprint density at radius 2 is 0.991 bits per heavy atom. The minimum Gasteiger partial charge on any atom is -0.480 e. The maximum atomic E-state index is 14.8. The SMILES string of the molecule is CC(C)C[C@H](NC(=O)C[C@H](O)[C@H](CC(C)C)NC(=O)[C@H](Cc1cnc[nH]1)NC(=O)CNC(=O)[C@@H](NC(=O)[C@H](C)NC(=O)[C@H](Cc1c[nH]c2ccccc12)NC(=O)[C@H](CCC(N)=O)NC(=O)[C@@H](Cc1ccccc1)NC(=O)CN1CCC(NC(=O)CN2CCN(CC(=O)O)CCN(CC(=O)O)CCN(CC(=O)O)CC2)CC1)C(C)C)C(N)=O. The number of piperidine rings is 1. The fraction of sp³-hybridized carbons (Fsp3) is 0.590. The molecule has 4 aromatic rings. The number of carboxylic acids is 3. The predicted octanol–water partition coefficient (Wildman–Crippen LogP) is -3.76. The molecule has 39 nitrogen and oxygen atoms in total. The molecule has 4 heterocycles. The normalized spacial score (nSPS) is 16.8. The molecule has 9 atom stereocenters. The quantitative estimate of drug-likeness (QED) is 0.0202. The van der Waals surface area contributed by atoms with Crippen LogP contribution in [0.4, 0.5) is 0 Å². The average molecular weight is 1640 g/mol. The van der Waals surface area contributed by atoms with Gasteiger partial charge in [-0.15, -0.1) is 0 Å². The molecule has 0 aliphatic carbocycles. The highest BCUT2D eigenvalue weighted by Crippen LogP contribution is 2.21. The topological polar surface area (TPSA) is 570 Å². The summed E-state index contributed by atoms with van der Waals surface area (Å²) in [6.45, 7) is 12.5. The number of amides is 12. The number of H-pyrrole nitrogens is 2. The van der Waals surface area contributed by atoms with Crippen molar-refractivity contribution in [1.29, 1.82) is 0 Å². The molecule has 2 fully saturated rings. The van der Waals surface area contributed by atoms with Crippen LogP contribution in [0.5, 0.6) is 0 Å². The fourth-order valence-corrected chi connectivity index (χ4v) is 13.8. The van der Waals surface area contributed by atoms with Crippen LogP contribution in [0.25, 0.3) is 10.9 Å². The van der Waals surface area contributed by atoms with Crippen LogP contribution in [-0.4, -0.2) is 314 Å². The second kappa shape index (κ2) is 47.9. The first kappa shape index (κ1) is 94.9. The van der Waals surface area contributed by atoms with Crippen molar-refractivity contribution >= 4 is 99.7 Å². The van der Waals surface area contributed by atoms with Gasteiger partial charge in [-0.05, 0) is 74.0 Å². The number of nitrogens with one attached hydrogen (secondary N) is 12. The van der Waals surface area contributed by atoms with Gasteiger partial charge in [-0.3, -0.25) is 96.4 Å². The number of aliphatic carboxylic acids is 3. The number of hydrogen-bond acceptors (Lipinski definition) is 22. The highest BCUT2D eigenvalue weighted by molar-refractivity contribution is 5.98. The molecule has 2 aliphatic heterocycles. The van der Waals surface area contributed by atoms with Gasteiger partial charge in [-0.1, -0.05) is 90.1 Å². The summed E-state index contributed by atoms with van der Waals surface area (Å²) in [4.78, 5) is 219. The Labute approximate surface area is 679 Å². The molecule has 2 aromatic heterocycles. The van der Waals surface area contributed by atoms with Crippen LogP contribution in [0.2, 0.25) is 0 Å². The van der Waals surface area contributed by atoms with Crippen molar-refractivity contribution in [3.05, 3.63) is 90.1 Å². The van der Waals surface area contributed by atoms with Crippen molar-refractivity contribution in [1.82, 2.24) is 92.6 Å². The van der Waals surface area contributed by atoms with Gasteiger partial charge in [0.2, 0.25) is 70.9 Å². The number of benzene rings is 2. The Kier molecular flexibility index (Phi) is 38.8. The number of nitrogens with zero attached hydrogens (tertiary/aromatic N) is 6. The van der Waals surface area contributed by atoms with Crippen LogP contribution >= 0.6 is 0 Å². The zero-order valence-electron chi connectivity index (χ0n) is 67.6. The molecule has 20 N–H and O–H groups in total. The number of aromatic nitrogens is 3. The third-order valence-electron chi connectivity index (χ3n) is 20.0. The van der Waals surface area contributed by atoms with E-state index in [1.165, 1.54) is 19.4 Å². The molecule has 2 aliphatic rings. The van der Waals surface area contributed by atoms with Crippen LogP contribution in [0, 0.1) is 17.8 Å². The lowest BCUT2D eigenvalue weighted by Gasteiger charge is -2.34. The Bertz CT molecular complexity index is 3950. The number of carboxylic acid groups (broad SMARTS) is 3. The number of para-hydroxylation sites is 1. The predicted molar refractivity (Wildman–Crippen MR) is 427 cm³/mol. The Morgan fingerprint density at radius 1 is 0.496 bits per heavy atom. The molecule has 0 spiro atoms. The van der Waals surface area contributed by atoms with E-state index in [0.29, 0.717) is 53.7 Å². The number of imidazole rings is 1. The summed E-state index contributed by atoms with van der Waals surface area (Å²) in [6, 6.07) is 5.06. The summed E-state index contributed by atoms with van der Waals surface area (Å²) in [5, 5.41) is 67.8. The van der Waals surface area contributed by atoms with Crippen molar-refractivity contribution in [2.45, 2.75) is 173 Å². The molecule has 6 rings (SSSR count). The van der Waals surface area contributed by atoms with Crippen LogP contribution < -0.4 is 64.6 Å². The second-order valence-electron chi connectivity index (χ2n) is 31.2. The van der Waals surface area contributed by atoms with Gasteiger partial charge in [-0.25, -0.2) is 4.98 Å². The van der Waals surface area contributed by atoms with E-state index < -0.39 is 163 Å². The molecule has 0 radical (unpaired) electrons. The number of aliphatic hydroxyl groups excluding tert-OH is 1. The van der Waals surface area contributed by atoms with E-state index in [9.17, 15) is 92.3 Å². The zero-order valence-corrected chi connectivity index (χ0v) is 67.6. The van der Waals surface area contributed by atoms with Crippen molar-refractivity contribution in [2.24, 2.45) is 29.2 Å². The van der Waals surface area contributed by atoms with E-state index in [1.54, 1.807) is 89.3 Å². The lowest BCUT2D eigenvalue weighted by Crippen LogP contribution is -2.60. The summed E-state index contributed by atoms with van der Waals surface area (Å²) >= 11 is 0. The molecule has 12 amide bonds. The summed E-state index contributed by atoms with van der Waals surface area (Å²) in [5.41, 5.74) is 13.4. The number of aromatic amines is 2. The van der Waals surface area contributed by atoms with Gasteiger partial charge < -0.3 is 95.0 Å². The van der Waals surface area contributed by atoms with Gasteiger partial charge in [0.05, 0.1) is 64.2 Å². The number of carbonyl (C=O) groups excluding carboxylic acids is 12. The summed E-state index contributed by atoms with van der Waals surface area (Å²) < 4.78 is 0. The van der Waals surface area contributed by atoms with Gasteiger partial charge in [0.15, 0.2) is 0 Å². The maximum absolute atomic E-state index is 14.8. The lowest BCUT2D eigenvalue weighted by atomic mass is 9.96. The van der Waals surface area contributed by atoms with E-state index in [1.807, 2.05) is 37.5 Å². The minimum atomic E-state index is -1.56.